The first kappa shape index (κ1) is 29.8. The molecule has 2 aromatic carbocycles. The number of carbonyl (C=O) groups excluding carboxylic acids is 1. The molecule has 15 heteroatoms. The van der Waals surface area contributed by atoms with E-state index in [0.717, 1.165) is 18.2 Å². The smallest absolute Gasteiger partial charge is 0.282 e. The highest BCUT2D eigenvalue weighted by Crippen LogP contribution is 2.42. The van der Waals surface area contributed by atoms with E-state index in [-0.39, 0.29) is 38.2 Å². The lowest BCUT2D eigenvalue weighted by Crippen LogP contribution is -2.31. The van der Waals surface area contributed by atoms with Gasteiger partial charge in [-0.15, -0.1) is 0 Å². The van der Waals surface area contributed by atoms with Gasteiger partial charge in [-0.25, -0.2) is 9.37 Å². The molecule has 3 rings (SSSR count). The standard InChI is InChI=1S/C23H12Cl4F7N3O/c24-15-7-11(8-16(25)20(15)27)13(22(29,30)31)9-17(28)10-4-5-12(14(6-10)23(32,33)34)21(38)37-36-19-3-1-2-18(26)35-19/h1-9,13H,(H,35,36)(H,37,38)/b17-9-. The first-order valence-corrected chi connectivity index (χ1v) is 11.6. The zero-order chi connectivity index (χ0) is 28.4. The summed E-state index contributed by atoms with van der Waals surface area (Å²) in [7, 11) is 0. The van der Waals surface area contributed by atoms with Gasteiger partial charge in [-0.3, -0.25) is 15.6 Å². The number of nitrogens with zero attached hydrogens (tertiary/aromatic N) is 1. The highest BCUT2D eigenvalue weighted by molar-refractivity contribution is 6.48. The molecule has 0 bridgehead atoms. The molecule has 3 aromatic rings. The minimum atomic E-state index is -5.17. The monoisotopic (exact) mass is 619 g/mol. The summed E-state index contributed by atoms with van der Waals surface area (Å²) in [4.78, 5) is 16.2. The number of anilines is 1. The van der Waals surface area contributed by atoms with Crippen LogP contribution in [0.5, 0.6) is 0 Å². The van der Waals surface area contributed by atoms with Crippen LogP contribution in [0, 0.1) is 0 Å². The third-order valence-electron chi connectivity index (χ3n) is 4.90. The highest BCUT2D eigenvalue weighted by Gasteiger charge is 2.41. The molecular weight excluding hydrogens is 609 g/mol. The second-order valence-corrected chi connectivity index (χ2v) is 9.09. The number of amides is 1. The van der Waals surface area contributed by atoms with Crippen LogP contribution in [0.25, 0.3) is 5.83 Å². The minimum Gasteiger partial charge on any atom is -0.282 e. The number of aromatic nitrogens is 1. The molecule has 38 heavy (non-hydrogen) atoms. The number of rotatable bonds is 6. The van der Waals surface area contributed by atoms with Crippen molar-refractivity contribution in [3.8, 4) is 0 Å². The molecular formula is C23H12Cl4F7N3O. The van der Waals surface area contributed by atoms with E-state index in [2.05, 4.69) is 10.4 Å². The van der Waals surface area contributed by atoms with E-state index in [1.807, 2.05) is 5.43 Å². The zero-order valence-electron chi connectivity index (χ0n) is 18.3. The van der Waals surface area contributed by atoms with Gasteiger partial charge in [0.15, 0.2) is 0 Å². The maximum absolute atomic E-state index is 15.0. The predicted octanol–water partition coefficient (Wildman–Crippen LogP) is 9.13. The number of halogens is 11. The molecule has 1 aromatic heterocycles. The third-order valence-corrected chi connectivity index (χ3v) is 6.30. The van der Waals surface area contributed by atoms with Crippen LogP contribution in [-0.4, -0.2) is 17.1 Å². The Morgan fingerprint density at radius 3 is 2.11 bits per heavy atom. The van der Waals surface area contributed by atoms with Crippen molar-refractivity contribution in [1.29, 1.82) is 0 Å². The van der Waals surface area contributed by atoms with E-state index in [1.165, 1.54) is 18.2 Å². The number of hydrazine groups is 1. The SMILES string of the molecule is O=C(NNc1cccc(Cl)n1)c1ccc(/C(F)=C/C(c2cc(Cl)c(Cl)c(Cl)c2)C(F)(F)F)cc1C(F)(F)F. The van der Waals surface area contributed by atoms with Gasteiger partial charge < -0.3 is 0 Å². The van der Waals surface area contributed by atoms with E-state index in [9.17, 15) is 35.5 Å². The van der Waals surface area contributed by atoms with Crippen LogP contribution in [-0.2, 0) is 6.18 Å². The van der Waals surface area contributed by atoms with Gasteiger partial charge >= 0.3 is 12.4 Å². The third kappa shape index (κ3) is 7.22. The van der Waals surface area contributed by atoms with Crippen molar-refractivity contribution in [2.45, 2.75) is 18.3 Å². The molecule has 202 valence electrons. The molecule has 1 amide bonds. The minimum absolute atomic E-state index is 0.00519. The normalized spacial score (nSPS) is 13.3. The molecule has 0 saturated carbocycles. The topological polar surface area (TPSA) is 54.0 Å². The van der Waals surface area contributed by atoms with Gasteiger partial charge in [0.25, 0.3) is 5.91 Å². The molecule has 0 aliphatic rings. The van der Waals surface area contributed by atoms with Crippen molar-refractivity contribution < 1.29 is 35.5 Å². The number of hydrogen-bond donors (Lipinski definition) is 2. The Hall–Kier alpha value is -2.73. The van der Waals surface area contributed by atoms with Crippen LogP contribution < -0.4 is 10.9 Å². The number of nitrogens with one attached hydrogen (secondary N) is 2. The van der Waals surface area contributed by atoms with Crippen molar-refractivity contribution in [3.05, 3.63) is 97.1 Å². The lowest BCUT2D eigenvalue weighted by atomic mass is 9.95. The summed E-state index contributed by atoms with van der Waals surface area (Å²) in [5.74, 6) is -5.56. The quantitative estimate of drug-likeness (QED) is 0.125. The fourth-order valence-electron chi connectivity index (χ4n) is 3.17. The molecule has 4 nitrogen and oxygen atoms in total. The molecule has 0 spiro atoms. The summed E-state index contributed by atoms with van der Waals surface area (Å²) in [6.07, 6.45) is -10.2. The number of hydrogen-bond acceptors (Lipinski definition) is 3. The van der Waals surface area contributed by atoms with Crippen LogP contribution in [0.3, 0.4) is 0 Å². The Morgan fingerprint density at radius 1 is 0.921 bits per heavy atom. The summed E-state index contributed by atoms with van der Waals surface area (Å²) in [5.41, 5.74) is 0.263. The van der Waals surface area contributed by atoms with Gasteiger partial charge in [-0.1, -0.05) is 58.5 Å². The first-order chi connectivity index (χ1) is 17.6. The lowest BCUT2D eigenvalue weighted by molar-refractivity contribution is -0.140. The average Bonchev–Trinajstić information content (AvgIpc) is 2.82. The molecule has 1 heterocycles. The van der Waals surface area contributed by atoms with E-state index < -0.39 is 52.3 Å². The highest BCUT2D eigenvalue weighted by atomic mass is 35.5. The molecule has 2 N–H and O–H groups in total. The first-order valence-electron chi connectivity index (χ1n) is 10.1. The van der Waals surface area contributed by atoms with Crippen molar-refractivity contribution in [2.24, 2.45) is 0 Å². The Morgan fingerprint density at radius 2 is 1.55 bits per heavy atom. The largest absolute Gasteiger partial charge is 0.417 e. The van der Waals surface area contributed by atoms with E-state index in [4.69, 9.17) is 46.4 Å². The number of alkyl halides is 6. The van der Waals surface area contributed by atoms with Gasteiger partial charge in [0.2, 0.25) is 0 Å². The summed E-state index contributed by atoms with van der Waals surface area (Å²) in [6.45, 7) is 0. The van der Waals surface area contributed by atoms with Crippen molar-refractivity contribution >= 4 is 64.0 Å². The molecule has 1 unspecified atom stereocenters. The van der Waals surface area contributed by atoms with Crippen LogP contribution in [0.4, 0.5) is 36.6 Å². The number of pyridine rings is 1. The molecule has 0 radical (unpaired) electrons. The number of allylic oxidation sites excluding steroid dienone is 1. The molecule has 0 fully saturated rings. The lowest BCUT2D eigenvalue weighted by Gasteiger charge is -2.19. The Balaban J connectivity index is 1.98. The van der Waals surface area contributed by atoms with E-state index in [1.54, 1.807) is 0 Å². The number of carbonyl (C=O) groups is 1. The van der Waals surface area contributed by atoms with Crippen LogP contribution >= 0.6 is 46.4 Å². The van der Waals surface area contributed by atoms with Gasteiger partial charge in [0.05, 0.1) is 26.2 Å². The van der Waals surface area contributed by atoms with E-state index in [0.29, 0.717) is 6.07 Å². The van der Waals surface area contributed by atoms with Crippen molar-refractivity contribution in [1.82, 2.24) is 10.4 Å². The van der Waals surface area contributed by atoms with Gasteiger partial charge in [0, 0.05) is 5.56 Å². The summed E-state index contributed by atoms with van der Waals surface area (Å²) < 4.78 is 97.4. The van der Waals surface area contributed by atoms with E-state index >= 15 is 0 Å². The van der Waals surface area contributed by atoms with Gasteiger partial charge in [0.1, 0.15) is 22.7 Å². The van der Waals surface area contributed by atoms with Crippen LogP contribution in [0.1, 0.15) is 33.0 Å². The average molecular weight is 621 g/mol. The molecule has 1 atom stereocenters. The second-order valence-electron chi connectivity index (χ2n) is 7.52. The van der Waals surface area contributed by atoms with Crippen molar-refractivity contribution in [3.63, 3.8) is 0 Å². The molecule has 0 aliphatic carbocycles. The summed E-state index contributed by atoms with van der Waals surface area (Å²) in [6, 6.07) is 7.41. The Labute approximate surface area is 230 Å². The van der Waals surface area contributed by atoms with Gasteiger partial charge in [-0.2, -0.15) is 26.3 Å². The van der Waals surface area contributed by atoms with Crippen LogP contribution in [0.2, 0.25) is 20.2 Å². The fraction of sp³-hybridized carbons (Fsp3) is 0.130. The van der Waals surface area contributed by atoms with Gasteiger partial charge in [-0.05, 0) is 48.0 Å². The predicted molar refractivity (Wildman–Crippen MR) is 131 cm³/mol. The van der Waals surface area contributed by atoms with Crippen molar-refractivity contribution in [2.75, 3.05) is 5.43 Å². The molecule has 0 aliphatic heterocycles. The summed E-state index contributed by atoms with van der Waals surface area (Å²) in [5, 5.41) is -0.874. The van der Waals surface area contributed by atoms with Crippen LogP contribution in [0.15, 0.2) is 54.6 Å². The fourth-order valence-corrected chi connectivity index (χ4v) is 3.95. The zero-order valence-corrected chi connectivity index (χ0v) is 21.3. The number of benzene rings is 2. The Kier molecular flexibility index (Phi) is 9.08. The maximum Gasteiger partial charge on any atom is 0.417 e. The maximum atomic E-state index is 15.0. The second kappa shape index (κ2) is 11.6. The molecule has 0 saturated heterocycles. The Bertz CT molecular complexity index is 1370. The summed E-state index contributed by atoms with van der Waals surface area (Å²) >= 11 is 23.0.